The Morgan fingerprint density at radius 1 is 1.03 bits per heavy atom. The van der Waals surface area contributed by atoms with Gasteiger partial charge in [-0.15, -0.1) is 11.8 Å². The normalized spacial score (nSPS) is 10.5. The van der Waals surface area contributed by atoms with Crippen molar-refractivity contribution < 1.29 is 9.90 Å². The number of rotatable bonds is 6. The molecule has 0 radical (unpaired) electrons. The van der Waals surface area contributed by atoms with E-state index >= 15 is 0 Å². The Morgan fingerprint density at radius 2 is 1.87 bits per heavy atom. The molecule has 6 heteroatoms. The number of nitrogens with one attached hydrogen (secondary N) is 1. The second kappa shape index (κ2) is 8.68. The first-order chi connectivity index (χ1) is 14.7. The third-order valence-electron chi connectivity index (χ3n) is 4.66. The van der Waals surface area contributed by atoms with Crippen molar-refractivity contribution in [2.75, 3.05) is 5.32 Å². The molecule has 0 aliphatic carbocycles. The molecule has 146 valence electrons. The molecule has 1 heterocycles. The van der Waals surface area contributed by atoms with E-state index in [4.69, 9.17) is 0 Å². The zero-order valence-corrected chi connectivity index (χ0v) is 16.7. The predicted octanol–water partition coefficient (Wildman–Crippen LogP) is 5.84. The summed E-state index contributed by atoms with van der Waals surface area (Å²) in [5, 5.41) is 23.9. The SMILES string of the molecule is N#Cc1ccc(Nc2cnccc2SCc2cccc(C(=O)O)c2)c2ccccc12. The van der Waals surface area contributed by atoms with Gasteiger partial charge in [-0.3, -0.25) is 4.98 Å². The molecule has 2 N–H and O–H groups in total. The number of carbonyl (C=O) groups is 1. The molecule has 0 unspecified atom stereocenters. The molecule has 0 aliphatic rings. The van der Waals surface area contributed by atoms with E-state index in [-0.39, 0.29) is 5.56 Å². The van der Waals surface area contributed by atoms with E-state index in [2.05, 4.69) is 16.4 Å². The molecule has 0 fully saturated rings. The summed E-state index contributed by atoms with van der Waals surface area (Å²) in [5.41, 5.74) is 3.60. The molecule has 3 aromatic carbocycles. The van der Waals surface area contributed by atoms with Crippen molar-refractivity contribution in [1.82, 2.24) is 4.98 Å². The van der Waals surface area contributed by atoms with Crippen LogP contribution < -0.4 is 5.32 Å². The lowest BCUT2D eigenvalue weighted by Gasteiger charge is -2.14. The zero-order valence-electron chi connectivity index (χ0n) is 15.9. The van der Waals surface area contributed by atoms with Crippen LogP contribution in [0.5, 0.6) is 0 Å². The zero-order chi connectivity index (χ0) is 20.9. The minimum absolute atomic E-state index is 0.283. The van der Waals surface area contributed by atoms with E-state index in [0.29, 0.717) is 11.3 Å². The van der Waals surface area contributed by atoms with Crippen LogP contribution in [0.25, 0.3) is 10.8 Å². The fourth-order valence-corrected chi connectivity index (χ4v) is 4.13. The van der Waals surface area contributed by atoms with Gasteiger partial charge in [-0.25, -0.2) is 4.79 Å². The highest BCUT2D eigenvalue weighted by Gasteiger charge is 2.10. The topological polar surface area (TPSA) is 86.0 Å². The van der Waals surface area contributed by atoms with Gasteiger partial charge in [-0.05, 0) is 35.9 Å². The first-order valence-electron chi connectivity index (χ1n) is 9.23. The van der Waals surface area contributed by atoms with Crippen molar-refractivity contribution in [3.05, 3.63) is 95.8 Å². The van der Waals surface area contributed by atoms with Crippen LogP contribution >= 0.6 is 11.8 Å². The average molecular weight is 411 g/mol. The maximum Gasteiger partial charge on any atom is 0.335 e. The number of aromatic carboxylic acids is 1. The number of fused-ring (bicyclic) bond motifs is 1. The predicted molar refractivity (Wildman–Crippen MR) is 119 cm³/mol. The number of carboxylic acids is 1. The summed E-state index contributed by atoms with van der Waals surface area (Å²) >= 11 is 1.61. The first-order valence-corrected chi connectivity index (χ1v) is 10.2. The minimum Gasteiger partial charge on any atom is -0.478 e. The van der Waals surface area contributed by atoms with E-state index in [9.17, 15) is 15.2 Å². The Labute approximate surface area is 178 Å². The van der Waals surface area contributed by atoms with Crippen molar-refractivity contribution >= 4 is 39.9 Å². The Hall–Kier alpha value is -3.82. The van der Waals surface area contributed by atoms with Crippen molar-refractivity contribution in [1.29, 1.82) is 5.26 Å². The number of hydrogen-bond acceptors (Lipinski definition) is 5. The third kappa shape index (κ3) is 4.12. The van der Waals surface area contributed by atoms with E-state index in [1.807, 2.05) is 48.5 Å². The summed E-state index contributed by atoms with van der Waals surface area (Å²) in [4.78, 5) is 16.4. The lowest BCUT2D eigenvalue weighted by Crippen LogP contribution is -1.97. The average Bonchev–Trinajstić information content (AvgIpc) is 2.79. The summed E-state index contributed by atoms with van der Waals surface area (Å²) in [6.45, 7) is 0. The maximum atomic E-state index is 11.2. The highest BCUT2D eigenvalue weighted by atomic mass is 32.2. The van der Waals surface area contributed by atoms with Gasteiger partial charge in [0.05, 0.1) is 29.1 Å². The minimum atomic E-state index is -0.930. The molecule has 0 atom stereocenters. The number of carboxylic acid groups (broad SMARTS) is 1. The molecule has 0 saturated carbocycles. The summed E-state index contributed by atoms with van der Waals surface area (Å²) in [5.74, 6) is -0.297. The molecule has 0 aliphatic heterocycles. The van der Waals surface area contributed by atoms with Crippen LogP contribution in [0.15, 0.2) is 84.0 Å². The van der Waals surface area contributed by atoms with Gasteiger partial charge in [0, 0.05) is 33.3 Å². The van der Waals surface area contributed by atoms with E-state index < -0.39 is 5.97 Å². The molecule has 0 spiro atoms. The van der Waals surface area contributed by atoms with Crippen molar-refractivity contribution in [2.24, 2.45) is 0 Å². The van der Waals surface area contributed by atoms with E-state index in [1.165, 1.54) is 0 Å². The molecule has 4 rings (SSSR count). The molecular weight excluding hydrogens is 394 g/mol. The second-order valence-electron chi connectivity index (χ2n) is 6.61. The number of hydrogen-bond donors (Lipinski definition) is 2. The number of nitrogens with zero attached hydrogens (tertiary/aromatic N) is 2. The molecule has 1 aromatic heterocycles. The summed E-state index contributed by atoms with van der Waals surface area (Å²) in [6, 6.07) is 22.6. The fourth-order valence-electron chi connectivity index (χ4n) is 3.21. The van der Waals surface area contributed by atoms with Gasteiger partial charge in [0.15, 0.2) is 0 Å². The monoisotopic (exact) mass is 411 g/mol. The number of thioether (sulfide) groups is 1. The van der Waals surface area contributed by atoms with Gasteiger partial charge in [0.2, 0.25) is 0 Å². The molecule has 0 bridgehead atoms. The lowest BCUT2D eigenvalue weighted by molar-refractivity contribution is 0.0696. The second-order valence-corrected chi connectivity index (χ2v) is 7.63. The van der Waals surface area contributed by atoms with Crippen molar-refractivity contribution in [3.63, 3.8) is 0 Å². The van der Waals surface area contributed by atoms with Crippen LogP contribution in [-0.4, -0.2) is 16.1 Å². The Morgan fingerprint density at radius 3 is 2.67 bits per heavy atom. The van der Waals surface area contributed by atoms with Gasteiger partial charge < -0.3 is 10.4 Å². The lowest BCUT2D eigenvalue weighted by atomic mass is 10.0. The van der Waals surface area contributed by atoms with Gasteiger partial charge >= 0.3 is 5.97 Å². The standard InChI is InChI=1S/C24H17N3O2S/c25-13-18-8-9-21(20-7-2-1-6-19(18)20)27-22-14-26-11-10-23(22)30-15-16-4-3-5-17(12-16)24(28)29/h1-12,14,27H,15H2,(H,28,29). The highest BCUT2D eigenvalue weighted by molar-refractivity contribution is 7.98. The number of anilines is 2. The molecule has 30 heavy (non-hydrogen) atoms. The number of aromatic nitrogens is 1. The molecule has 5 nitrogen and oxygen atoms in total. The van der Waals surface area contributed by atoms with Crippen LogP contribution in [0.4, 0.5) is 11.4 Å². The van der Waals surface area contributed by atoms with Crippen LogP contribution in [0.2, 0.25) is 0 Å². The molecule has 0 amide bonds. The van der Waals surface area contributed by atoms with Crippen molar-refractivity contribution in [3.8, 4) is 6.07 Å². The summed E-state index contributed by atoms with van der Waals surface area (Å²) < 4.78 is 0. The van der Waals surface area contributed by atoms with E-state index in [0.717, 1.165) is 32.6 Å². The van der Waals surface area contributed by atoms with Gasteiger partial charge in [-0.2, -0.15) is 5.26 Å². The number of nitriles is 1. The Kier molecular flexibility index (Phi) is 5.64. The number of pyridine rings is 1. The largest absolute Gasteiger partial charge is 0.478 e. The summed E-state index contributed by atoms with van der Waals surface area (Å²) in [7, 11) is 0. The van der Waals surface area contributed by atoms with Gasteiger partial charge in [0.25, 0.3) is 0 Å². The quantitative estimate of drug-likeness (QED) is 0.388. The Balaban J connectivity index is 1.61. The van der Waals surface area contributed by atoms with Crippen LogP contribution in [0.3, 0.4) is 0 Å². The van der Waals surface area contributed by atoms with E-state index in [1.54, 1.807) is 42.4 Å². The van der Waals surface area contributed by atoms with Crippen LogP contribution in [-0.2, 0) is 5.75 Å². The van der Waals surface area contributed by atoms with Gasteiger partial charge in [-0.1, -0.05) is 36.4 Å². The van der Waals surface area contributed by atoms with Crippen molar-refractivity contribution in [2.45, 2.75) is 10.6 Å². The van der Waals surface area contributed by atoms with Crippen LogP contribution in [0.1, 0.15) is 21.5 Å². The highest BCUT2D eigenvalue weighted by Crippen LogP contribution is 2.34. The first kappa shape index (κ1) is 19.5. The smallest absolute Gasteiger partial charge is 0.335 e. The molecular formula is C24H17N3O2S. The maximum absolute atomic E-state index is 11.2. The molecule has 4 aromatic rings. The van der Waals surface area contributed by atoms with Crippen LogP contribution in [0, 0.1) is 11.3 Å². The number of benzene rings is 3. The summed E-state index contributed by atoms with van der Waals surface area (Å²) in [6.07, 6.45) is 3.50. The van der Waals surface area contributed by atoms with Gasteiger partial charge in [0.1, 0.15) is 0 Å². The molecule has 0 saturated heterocycles. The third-order valence-corrected chi connectivity index (χ3v) is 5.81. The Bertz CT molecular complexity index is 1280. The fraction of sp³-hybridized carbons (Fsp3) is 0.0417.